The number of nitrogens with two attached hydrogens (primary N) is 1. The molecule has 7 N–H and O–H groups in total. The van der Waals surface area contributed by atoms with Crippen LogP contribution in [0.25, 0.3) is 0 Å². The molecule has 1 atom stereocenters. The summed E-state index contributed by atoms with van der Waals surface area (Å²) in [7, 11) is -2.28. The number of amides is 3. The van der Waals surface area contributed by atoms with Gasteiger partial charge >= 0.3 is 6.09 Å². The Hall–Kier alpha value is -3.27. The van der Waals surface area contributed by atoms with Crippen molar-refractivity contribution in [1.29, 1.82) is 0 Å². The average molecular weight is 501 g/mol. The Bertz CT molecular complexity index is 1070. The summed E-state index contributed by atoms with van der Waals surface area (Å²) in [4.78, 5) is 39.9. The summed E-state index contributed by atoms with van der Waals surface area (Å²) < 4.78 is 28.8. The molecule has 0 saturated heterocycles. The minimum Gasteiger partial charge on any atom is -0.497 e. The number of carbonyl (C=O) groups is 3. The van der Waals surface area contributed by atoms with Crippen molar-refractivity contribution in [2.75, 3.05) is 24.3 Å². The van der Waals surface area contributed by atoms with Gasteiger partial charge in [0.05, 0.1) is 7.11 Å². The van der Waals surface area contributed by atoms with E-state index >= 15 is 0 Å². The number of thiazole rings is 1. The number of anilines is 2. The van der Waals surface area contributed by atoms with Crippen molar-refractivity contribution in [2.45, 2.75) is 25.3 Å². The van der Waals surface area contributed by atoms with Gasteiger partial charge in [0.2, 0.25) is 5.91 Å². The number of carbonyl (C=O) groups excluding carboxylic acids is 2. The van der Waals surface area contributed by atoms with E-state index in [0.29, 0.717) is 24.3 Å². The predicted molar refractivity (Wildman–Crippen MR) is 122 cm³/mol. The smallest absolute Gasteiger partial charge is 0.405 e. The molecule has 1 aromatic heterocycles. The second-order valence-corrected chi connectivity index (χ2v) is 8.88. The van der Waals surface area contributed by atoms with Crippen LogP contribution in [-0.4, -0.2) is 56.1 Å². The fourth-order valence-corrected chi connectivity index (χ4v) is 3.73. The number of hydrogen-bond donors (Lipinski definition) is 6. The molecule has 0 saturated carbocycles. The first-order valence-corrected chi connectivity index (χ1v) is 12.0. The number of methoxy groups -OCH3 is 1. The summed E-state index contributed by atoms with van der Waals surface area (Å²) in [6.07, 6.45) is -0.597. The summed E-state index contributed by atoms with van der Waals surface area (Å²) in [5.41, 5.74) is 0.602. The number of nitrogens with one attached hydrogen (secondary N) is 4. The van der Waals surface area contributed by atoms with Crippen molar-refractivity contribution < 1.29 is 32.6 Å². The summed E-state index contributed by atoms with van der Waals surface area (Å²) in [6.45, 7) is 0.0550. The maximum Gasteiger partial charge on any atom is 0.405 e. The number of carboxylic acid groups (broad SMARTS) is 1. The van der Waals surface area contributed by atoms with Gasteiger partial charge in [-0.3, -0.25) is 9.59 Å². The Labute approximate surface area is 193 Å². The average Bonchev–Trinajstić information content (AvgIpc) is 3.20. The van der Waals surface area contributed by atoms with Crippen LogP contribution in [0.1, 0.15) is 29.8 Å². The number of ether oxygens (including phenoxy) is 1. The van der Waals surface area contributed by atoms with Gasteiger partial charge in [-0.05, 0) is 43.5 Å². The number of hydrogen-bond acceptors (Lipinski definition) is 8. The zero-order valence-corrected chi connectivity index (χ0v) is 19.2. The standard InChI is InChI=1S/C18H24N6O7S2/c1-31-12-7-5-11(6-8-12)21-16(26)14-10-32-17(22-14)24-15(25)13(23-18(27)28)4-2-3-9-20-33(19,29)30/h5-8,10,13,20,23H,2-4,9H2,1H3,(H,21,26)(H,27,28)(H2,19,29,30)(H,22,24,25). The van der Waals surface area contributed by atoms with Crippen LogP contribution in [0.5, 0.6) is 5.75 Å². The first-order chi connectivity index (χ1) is 15.6. The van der Waals surface area contributed by atoms with Crippen LogP contribution in [0.3, 0.4) is 0 Å². The van der Waals surface area contributed by atoms with E-state index in [1.165, 1.54) is 12.5 Å². The predicted octanol–water partition coefficient (Wildman–Crippen LogP) is 0.942. The van der Waals surface area contributed by atoms with Crippen LogP contribution >= 0.6 is 11.3 Å². The quantitative estimate of drug-likeness (QED) is 0.231. The van der Waals surface area contributed by atoms with Crippen molar-refractivity contribution in [3.8, 4) is 5.75 Å². The summed E-state index contributed by atoms with van der Waals surface area (Å²) >= 11 is 1.00. The molecule has 0 aliphatic carbocycles. The van der Waals surface area contributed by atoms with Gasteiger partial charge in [0.15, 0.2) is 5.13 Å². The topological polar surface area (TPSA) is 202 Å². The van der Waals surface area contributed by atoms with E-state index in [4.69, 9.17) is 15.0 Å². The molecule has 1 heterocycles. The van der Waals surface area contributed by atoms with Crippen LogP contribution in [0.2, 0.25) is 0 Å². The Morgan fingerprint density at radius 3 is 2.48 bits per heavy atom. The zero-order chi connectivity index (χ0) is 24.4. The maximum absolute atomic E-state index is 12.5. The molecule has 0 aliphatic heterocycles. The van der Waals surface area contributed by atoms with Crippen LogP contribution in [-0.2, 0) is 15.0 Å². The molecule has 15 heteroatoms. The van der Waals surface area contributed by atoms with Crippen LogP contribution < -0.4 is 30.5 Å². The second kappa shape index (κ2) is 12.1. The number of rotatable bonds is 12. The van der Waals surface area contributed by atoms with E-state index in [-0.39, 0.29) is 23.8 Å². The fourth-order valence-electron chi connectivity index (χ4n) is 2.60. The SMILES string of the molecule is COc1ccc(NC(=O)c2csc(NC(=O)C(CCCCNS(N)(=O)=O)NC(=O)O)n2)cc1. The second-order valence-electron chi connectivity index (χ2n) is 6.65. The molecule has 0 radical (unpaired) electrons. The molecule has 33 heavy (non-hydrogen) atoms. The van der Waals surface area contributed by atoms with Gasteiger partial charge in [0.25, 0.3) is 16.1 Å². The molecule has 2 aromatic rings. The largest absolute Gasteiger partial charge is 0.497 e. The lowest BCUT2D eigenvalue weighted by Crippen LogP contribution is -2.43. The lowest BCUT2D eigenvalue weighted by molar-refractivity contribution is -0.118. The monoisotopic (exact) mass is 500 g/mol. The first-order valence-electron chi connectivity index (χ1n) is 9.56. The molecule has 0 spiro atoms. The fraction of sp³-hybridized carbons (Fsp3) is 0.333. The minimum atomic E-state index is -3.81. The van der Waals surface area contributed by atoms with E-state index in [1.807, 2.05) is 0 Å². The Morgan fingerprint density at radius 1 is 1.18 bits per heavy atom. The van der Waals surface area contributed by atoms with Gasteiger partial charge in [-0.2, -0.15) is 8.42 Å². The van der Waals surface area contributed by atoms with E-state index < -0.39 is 34.2 Å². The lowest BCUT2D eigenvalue weighted by atomic mass is 10.1. The van der Waals surface area contributed by atoms with Crippen LogP contribution in [0, 0.1) is 0 Å². The van der Waals surface area contributed by atoms with E-state index in [9.17, 15) is 22.8 Å². The Kier molecular flexibility index (Phi) is 9.53. The third-order valence-corrected chi connectivity index (χ3v) is 5.52. The third-order valence-electron chi connectivity index (χ3n) is 4.15. The molecular weight excluding hydrogens is 476 g/mol. The highest BCUT2D eigenvalue weighted by Crippen LogP contribution is 2.19. The van der Waals surface area contributed by atoms with E-state index in [2.05, 4.69) is 25.7 Å². The van der Waals surface area contributed by atoms with Gasteiger partial charge in [0, 0.05) is 17.6 Å². The summed E-state index contributed by atoms with van der Waals surface area (Å²) in [5, 5.41) is 22.6. The number of nitrogens with zero attached hydrogens (tertiary/aromatic N) is 1. The molecule has 180 valence electrons. The summed E-state index contributed by atoms with van der Waals surface area (Å²) in [6, 6.07) is 5.59. The molecule has 0 aliphatic rings. The van der Waals surface area contributed by atoms with Gasteiger partial charge in [-0.1, -0.05) is 0 Å². The highest BCUT2D eigenvalue weighted by Gasteiger charge is 2.22. The van der Waals surface area contributed by atoms with Crippen molar-refractivity contribution in [1.82, 2.24) is 15.0 Å². The minimum absolute atomic E-state index is 0.0550. The Balaban J connectivity index is 1.91. The molecule has 13 nitrogen and oxygen atoms in total. The summed E-state index contributed by atoms with van der Waals surface area (Å²) in [5.74, 6) is -0.510. The van der Waals surface area contributed by atoms with Gasteiger partial charge in [-0.25, -0.2) is 19.6 Å². The molecule has 3 amide bonds. The third kappa shape index (κ3) is 9.40. The number of unbranched alkanes of at least 4 members (excludes halogenated alkanes) is 1. The van der Waals surface area contributed by atoms with E-state index in [0.717, 1.165) is 11.3 Å². The highest BCUT2D eigenvalue weighted by molar-refractivity contribution is 7.87. The molecule has 2 rings (SSSR count). The molecule has 1 unspecified atom stereocenters. The van der Waals surface area contributed by atoms with E-state index in [1.54, 1.807) is 24.3 Å². The molecule has 0 fully saturated rings. The molecule has 0 bridgehead atoms. The first kappa shape index (κ1) is 26.0. The number of aromatic nitrogens is 1. The van der Waals surface area contributed by atoms with Gasteiger partial charge < -0.3 is 25.8 Å². The lowest BCUT2D eigenvalue weighted by Gasteiger charge is -2.15. The maximum atomic E-state index is 12.5. The Morgan fingerprint density at radius 2 is 1.88 bits per heavy atom. The van der Waals surface area contributed by atoms with Gasteiger partial charge in [0.1, 0.15) is 17.5 Å². The normalized spacial score (nSPS) is 11.9. The van der Waals surface area contributed by atoms with Crippen molar-refractivity contribution in [3.63, 3.8) is 0 Å². The van der Waals surface area contributed by atoms with Crippen LogP contribution in [0.4, 0.5) is 15.6 Å². The van der Waals surface area contributed by atoms with Crippen molar-refractivity contribution in [3.05, 3.63) is 35.3 Å². The molecular formula is C18H24N6O7S2. The zero-order valence-electron chi connectivity index (χ0n) is 17.5. The van der Waals surface area contributed by atoms with Crippen molar-refractivity contribution in [2.24, 2.45) is 5.14 Å². The van der Waals surface area contributed by atoms with Gasteiger partial charge in [-0.15, -0.1) is 11.3 Å². The number of benzene rings is 1. The highest BCUT2D eigenvalue weighted by atomic mass is 32.2. The van der Waals surface area contributed by atoms with Crippen LogP contribution in [0.15, 0.2) is 29.6 Å². The molecule has 1 aromatic carbocycles. The van der Waals surface area contributed by atoms with Crippen molar-refractivity contribution >= 4 is 50.3 Å².